The largest absolute Gasteiger partial charge is 0.419 e. The van der Waals surface area contributed by atoms with E-state index in [9.17, 15) is 21.6 Å². The predicted molar refractivity (Wildman–Crippen MR) is 103 cm³/mol. The molecule has 3 N–H and O–H groups in total. The van der Waals surface area contributed by atoms with Crippen molar-refractivity contribution in [3.8, 4) is 6.07 Å². The van der Waals surface area contributed by atoms with E-state index in [1.165, 1.54) is 10.6 Å². The van der Waals surface area contributed by atoms with Gasteiger partial charge in [0.1, 0.15) is 11.6 Å². The number of fused-ring (bicyclic) bond motifs is 1. The number of sulfonamides is 1. The molecular weight excluding hydrogens is 425 g/mol. The van der Waals surface area contributed by atoms with Gasteiger partial charge >= 0.3 is 6.18 Å². The Balaban J connectivity index is 0.000000248. The highest BCUT2D eigenvalue weighted by Gasteiger charge is 2.40. The first-order valence-corrected chi connectivity index (χ1v) is 10.9. The van der Waals surface area contributed by atoms with E-state index in [0.717, 1.165) is 17.1 Å². The lowest BCUT2D eigenvalue weighted by molar-refractivity contribution is -0.136. The Labute approximate surface area is 172 Å². The van der Waals surface area contributed by atoms with Crippen molar-refractivity contribution in [2.75, 3.05) is 25.1 Å². The Hall–Kier alpha value is -2.43. The standard InChI is InChI=1S/C11H10F3N5.C6H13NO3S/c1-5(2)9-6(3-15)8(11(12,13)14)7-4-17-10(16)18-19(7)9;1-11(9,10)7-4-2-3-6(8)5-7/h4-5H,1-2H3,(H2,16,18);6,8H,2-5H2,1H3. The van der Waals surface area contributed by atoms with Crippen LogP contribution in [0.25, 0.3) is 5.52 Å². The number of halogens is 3. The van der Waals surface area contributed by atoms with Crippen molar-refractivity contribution in [2.45, 2.75) is 44.9 Å². The fourth-order valence-corrected chi connectivity index (χ4v) is 4.14. The van der Waals surface area contributed by atoms with Gasteiger partial charge in [-0.1, -0.05) is 13.8 Å². The van der Waals surface area contributed by atoms with Crippen molar-refractivity contribution in [1.82, 2.24) is 18.9 Å². The first kappa shape index (κ1) is 23.8. The Kier molecular flexibility index (Phi) is 6.95. The molecule has 30 heavy (non-hydrogen) atoms. The summed E-state index contributed by atoms with van der Waals surface area (Å²) < 4.78 is 63.5. The van der Waals surface area contributed by atoms with Crippen LogP contribution < -0.4 is 5.73 Å². The molecule has 1 unspecified atom stereocenters. The molecule has 1 atom stereocenters. The van der Waals surface area contributed by atoms with Gasteiger partial charge in [0, 0.05) is 13.1 Å². The van der Waals surface area contributed by atoms with Crippen molar-refractivity contribution >= 4 is 21.5 Å². The lowest BCUT2D eigenvalue weighted by atomic mass is 10.0. The highest BCUT2D eigenvalue weighted by molar-refractivity contribution is 7.88. The van der Waals surface area contributed by atoms with Gasteiger partial charge in [-0.05, 0) is 18.8 Å². The number of nitrogens with two attached hydrogens (primary N) is 1. The van der Waals surface area contributed by atoms with Crippen LogP contribution in [0.1, 0.15) is 49.4 Å². The molecule has 1 saturated heterocycles. The van der Waals surface area contributed by atoms with Gasteiger partial charge < -0.3 is 10.8 Å². The molecule has 3 heterocycles. The number of nitrogens with zero attached hydrogens (tertiary/aromatic N) is 5. The van der Waals surface area contributed by atoms with Crippen molar-refractivity contribution in [3.63, 3.8) is 0 Å². The molecule has 0 aliphatic carbocycles. The third-order valence-electron chi connectivity index (χ3n) is 4.51. The average Bonchev–Trinajstić information content (AvgIpc) is 2.95. The van der Waals surface area contributed by atoms with E-state index in [-0.39, 0.29) is 29.6 Å². The number of anilines is 1. The van der Waals surface area contributed by atoms with Crippen LogP contribution in [0, 0.1) is 11.3 Å². The number of rotatable bonds is 2. The molecule has 1 aliphatic heterocycles. The molecule has 166 valence electrons. The van der Waals surface area contributed by atoms with Crippen molar-refractivity contribution < 1.29 is 26.7 Å². The fourth-order valence-electron chi connectivity index (χ4n) is 3.24. The zero-order valence-corrected chi connectivity index (χ0v) is 17.5. The zero-order valence-electron chi connectivity index (χ0n) is 16.7. The molecule has 0 aromatic carbocycles. The average molecular weight is 448 g/mol. The second-order valence-corrected chi connectivity index (χ2v) is 9.21. The number of alkyl halides is 3. The molecule has 13 heteroatoms. The van der Waals surface area contributed by atoms with E-state index in [0.29, 0.717) is 13.0 Å². The smallest absolute Gasteiger partial charge is 0.392 e. The third kappa shape index (κ3) is 5.18. The van der Waals surface area contributed by atoms with Gasteiger partial charge in [-0.2, -0.15) is 22.7 Å². The number of piperidine rings is 1. The molecule has 9 nitrogen and oxygen atoms in total. The van der Waals surface area contributed by atoms with Gasteiger partial charge in [-0.25, -0.2) is 17.9 Å². The second-order valence-electron chi connectivity index (χ2n) is 7.23. The maximum atomic E-state index is 13.1. The predicted octanol–water partition coefficient (Wildman–Crippen LogP) is 1.73. The Morgan fingerprint density at radius 3 is 2.47 bits per heavy atom. The van der Waals surface area contributed by atoms with Crippen molar-refractivity contribution in [2.24, 2.45) is 0 Å². The van der Waals surface area contributed by atoms with E-state index in [2.05, 4.69) is 10.1 Å². The number of aliphatic hydroxyl groups excluding tert-OH is 1. The fraction of sp³-hybridized carbons (Fsp3) is 0.588. The first-order valence-electron chi connectivity index (χ1n) is 9.05. The SMILES string of the molecule is CC(C)c1c(C#N)c(C(F)(F)F)c2cnc(N)nn12.CS(=O)(=O)N1CCCC(O)C1. The first-order chi connectivity index (χ1) is 13.8. The molecule has 0 saturated carbocycles. The Morgan fingerprint density at radius 2 is 2.03 bits per heavy atom. The number of nitrogen functional groups attached to an aromatic ring is 1. The summed E-state index contributed by atoms with van der Waals surface area (Å²) in [6.07, 6.45) is -1.50. The van der Waals surface area contributed by atoms with Gasteiger partial charge in [-0.3, -0.25) is 0 Å². The third-order valence-corrected chi connectivity index (χ3v) is 5.78. The Bertz CT molecular complexity index is 1060. The lowest BCUT2D eigenvalue weighted by Crippen LogP contribution is -2.41. The molecule has 1 fully saturated rings. The highest BCUT2D eigenvalue weighted by atomic mass is 32.2. The summed E-state index contributed by atoms with van der Waals surface area (Å²) in [6, 6.07) is 1.61. The van der Waals surface area contributed by atoms with E-state index in [1.54, 1.807) is 19.9 Å². The maximum Gasteiger partial charge on any atom is 0.419 e. The summed E-state index contributed by atoms with van der Waals surface area (Å²) in [5, 5.41) is 21.9. The van der Waals surface area contributed by atoms with Gasteiger partial charge in [0.05, 0.1) is 35.3 Å². The van der Waals surface area contributed by atoms with Crippen molar-refractivity contribution in [1.29, 1.82) is 5.26 Å². The minimum atomic E-state index is -4.65. The monoisotopic (exact) mass is 448 g/mol. The molecule has 2 aromatic heterocycles. The van der Waals surface area contributed by atoms with Crippen LogP contribution in [0.2, 0.25) is 0 Å². The van der Waals surface area contributed by atoms with E-state index in [4.69, 9.17) is 16.1 Å². The molecule has 0 spiro atoms. The van der Waals surface area contributed by atoms with E-state index < -0.39 is 33.4 Å². The topological polar surface area (TPSA) is 138 Å². The summed E-state index contributed by atoms with van der Waals surface area (Å²) in [7, 11) is -3.09. The van der Waals surface area contributed by atoms with Gasteiger partial charge in [0.15, 0.2) is 0 Å². The number of aliphatic hydroxyl groups is 1. The van der Waals surface area contributed by atoms with Crippen molar-refractivity contribution in [3.05, 3.63) is 23.0 Å². The molecule has 3 rings (SSSR count). The number of nitriles is 1. The van der Waals surface area contributed by atoms with Crippen LogP contribution in [-0.2, 0) is 16.2 Å². The molecule has 2 aromatic rings. The van der Waals surface area contributed by atoms with Crippen LogP contribution >= 0.6 is 0 Å². The van der Waals surface area contributed by atoms with Gasteiger partial charge in [0.25, 0.3) is 0 Å². The molecule has 0 bridgehead atoms. The van der Waals surface area contributed by atoms with Crippen LogP contribution in [-0.4, -0.2) is 57.9 Å². The van der Waals surface area contributed by atoms with Crippen LogP contribution in [0.15, 0.2) is 6.20 Å². The molecule has 0 radical (unpaired) electrons. The quantitative estimate of drug-likeness (QED) is 0.713. The van der Waals surface area contributed by atoms with E-state index >= 15 is 0 Å². The zero-order chi connectivity index (χ0) is 22.9. The normalized spacial score (nSPS) is 18.2. The van der Waals surface area contributed by atoms with Gasteiger partial charge in [-0.15, -0.1) is 5.10 Å². The van der Waals surface area contributed by atoms with E-state index in [1.807, 2.05) is 0 Å². The summed E-state index contributed by atoms with van der Waals surface area (Å²) in [4.78, 5) is 3.57. The molecule has 1 aliphatic rings. The lowest BCUT2D eigenvalue weighted by Gasteiger charge is -2.27. The minimum absolute atomic E-state index is 0.150. The Morgan fingerprint density at radius 1 is 1.40 bits per heavy atom. The highest BCUT2D eigenvalue weighted by Crippen LogP contribution is 2.39. The molecule has 0 amide bonds. The van der Waals surface area contributed by atoms with Crippen LogP contribution in [0.5, 0.6) is 0 Å². The number of aromatic nitrogens is 3. The van der Waals surface area contributed by atoms with Crippen LogP contribution in [0.3, 0.4) is 0 Å². The number of hydrogen-bond donors (Lipinski definition) is 2. The number of hydrogen-bond acceptors (Lipinski definition) is 7. The van der Waals surface area contributed by atoms with Gasteiger partial charge in [0.2, 0.25) is 16.0 Å². The molecular formula is C17H23F3N6O3S. The maximum absolute atomic E-state index is 13.1. The minimum Gasteiger partial charge on any atom is -0.392 e. The summed E-state index contributed by atoms with van der Waals surface area (Å²) in [5.41, 5.74) is 3.87. The summed E-state index contributed by atoms with van der Waals surface area (Å²) in [6.45, 7) is 4.18. The van der Waals surface area contributed by atoms with Crippen LogP contribution in [0.4, 0.5) is 19.1 Å². The summed E-state index contributed by atoms with van der Waals surface area (Å²) >= 11 is 0. The number of β-amino-alcohol motifs (C(OH)–C–C–N with tert-alkyl or cyclic N) is 1. The summed E-state index contributed by atoms with van der Waals surface area (Å²) in [5.74, 6) is -0.463. The second kappa shape index (κ2) is 8.75.